The van der Waals surface area contributed by atoms with E-state index in [-0.39, 0.29) is 37.3 Å². The third-order valence-electron chi connectivity index (χ3n) is 4.91. The van der Waals surface area contributed by atoms with Gasteiger partial charge in [-0.25, -0.2) is 4.79 Å². The summed E-state index contributed by atoms with van der Waals surface area (Å²) in [4.78, 5) is 39.2. The lowest BCUT2D eigenvalue weighted by Crippen LogP contribution is -2.44. The highest BCUT2D eigenvalue weighted by Gasteiger charge is 2.37. The molecule has 2 rings (SSSR count). The number of nitrogens with one attached hydrogen (secondary N) is 1. The van der Waals surface area contributed by atoms with E-state index in [0.29, 0.717) is 30.8 Å². The first-order valence-corrected chi connectivity index (χ1v) is 9.89. The highest BCUT2D eigenvalue weighted by atomic mass is 16.5. The molecule has 1 aliphatic rings. The molecule has 1 heterocycles. The smallest absolute Gasteiger partial charge is 0.336 e. The molecule has 0 saturated heterocycles. The summed E-state index contributed by atoms with van der Waals surface area (Å²) in [5, 5.41) is 2.77. The Hall–Kier alpha value is -2.67. The van der Waals surface area contributed by atoms with Crippen molar-refractivity contribution in [1.82, 2.24) is 10.2 Å². The summed E-state index contributed by atoms with van der Waals surface area (Å²) in [5.41, 5.74) is 2.85. The number of benzene rings is 1. The second-order valence-corrected chi connectivity index (χ2v) is 7.07. The van der Waals surface area contributed by atoms with Gasteiger partial charge in [-0.3, -0.25) is 9.59 Å². The van der Waals surface area contributed by atoms with Crippen molar-refractivity contribution in [2.24, 2.45) is 0 Å². The van der Waals surface area contributed by atoms with Gasteiger partial charge < -0.3 is 19.7 Å². The zero-order chi connectivity index (χ0) is 21.4. The van der Waals surface area contributed by atoms with Crippen molar-refractivity contribution in [3.8, 4) is 0 Å². The van der Waals surface area contributed by atoms with Gasteiger partial charge in [0.1, 0.15) is 6.54 Å². The quantitative estimate of drug-likeness (QED) is 0.506. The van der Waals surface area contributed by atoms with Crippen LogP contribution in [0.4, 0.5) is 0 Å². The first kappa shape index (κ1) is 22.6. The van der Waals surface area contributed by atoms with E-state index in [9.17, 15) is 14.4 Å². The van der Waals surface area contributed by atoms with Crippen LogP contribution >= 0.6 is 0 Å². The van der Waals surface area contributed by atoms with Crippen LogP contribution in [0.1, 0.15) is 43.7 Å². The topological polar surface area (TPSA) is 84.9 Å². The van der Waals surface area contributed by atoms with Crippen LogP contribution in [0, 0.1) is 6.92 Å². The van der Waals surface area contributed by atoms with Crippen molar-refractivity contribution in [1.29, 1.82) is 0 Å². The highest BCUT2D eigenvalue weighted by molar-refractivity contribution is 5.97. The van der Waals surface area contributed by atoms with Gasteiger partial charge in [0, 0.05) is 38.3 Å². The molecular weight excluding hydrogens is 372 g/mol. The average molecular weight is 402 g/mol. The zero-order valence-corrected chi connectivity index (χ0v) is 17.6. The van der Waals surface area contributed by atoms with Crippen molar-refractivity contribution < 1.29 is 23.9 Å². The Morgan fingerprint density at radius 1 is 1.28 bits per heavy atom. The highest BCUT2D eigenvalue weighted by Crippen LogP contribution is 2.37. The largest absolute Gasteiger partial charge is 0.463 e. The first-order valence-electron chi connectivity index (χ1n) is 9.89. The van der Waals surface area contributed by atoms with E-state index >= 15 is 0 Å². The molecule has 158 valence electrons. The van der Waals surface area contributed by atoms with Gasteiger partial charge in [0.2, 0.25) is 11.8 Å². The number of rotatable bonds is 9. The molecule has 0 bridgehead atoms. The average Bonchev–Trinajstić information content (AvgIpc) is 2.68. The third kappa shape index (κ3) is 5.90. The summed E-state index contributed by atoms with van der Waals surface area (Å²) in [6.45, 7) is 6.54. The van der Waals surface area contributed by atoms with Crippen LogP contribution in [0.15, 0.2) is 35.5 Å². The van der Waals surface area contributed by atoms with E-state index in [0.717, 1.165) is 11.1 Å². The van der Waals surface area contributed by atoms with Gasteiger partial charge >= 0.3 is 5.97 Å². The van der Waals surface area contributed by atoms with E-state index in [1.165, 1.54) is 4.90 Å². The Kier molecular flexibility index (Phi) is 8.39. The molecule has 1 N–H and O–H groups in total. The van der Waals surface area contributed by atoms with Gasteiger partial charge in [-0.2, -0.15) is 0 Å². The summed E-state index contributed by atoms with van der Waals surface area (Å²) in [7, 11) is 1.60. The van der Waals surface area contributed by atoms with Gasteiger partial charge in [0.05, 0.1) is 12.2 Å². The standard InChI is InChI=1S/C22H30N2O5/c1-5-29-22(27)21-16(3)24(14-19(25)23-10-7-11-28-4)20(26)13-18(21)17-9-6-8-15(2)12-17/h6,8-9,12,18H,5,7,10-11,13-14H2,1-4H3,(H,23,25)/t18-/m1/s1. The number of ether oxygens (including phenoxy) is 2. The third-order valence-corrected chi connectivity index (χ3v) is 4.91. The van der Waals surface area contributed by atoms with E-state index in [2.05, 4.69) is 5.32 Å². The van der Waals surface area contributed by atoms with Crippen LogP contribution in [-0.2, 0) is 23.9 Å². The molecule has 2 amide bonds. The summed E-state index contributed by atoms with van der Waals surface area (Å²) in [6.07, 6.45) is 0.806. The fourth-order valence-electron chi connectivity index (χ4n) is 3.49. The molecule has 0 aliphatic carbocycles. The number of carbonyl (C=O) groups is 3. The fourth-order valence-corrected chi connectivity index (χ4v) is 3.49. The second-order valence-electron chi connectivity index (χ2n) is 7.07. The number of carbonyl (C=O) groups excluding carboxylic acids is 3. The SMILES string of the molecule is CCOC(=O)C1=C(C)N(CC(=O)NCCCOC)C(=O)C[C@@H]1c1cccc(C)c1. The molecule has 0 spiro atoms. The van der Waals surface area contributed by atoms with Crippen LogP contribution in [0.3, 0.4) is 0 Å². The zero-order valence-electron chi connectivity index (χ0n) is 17.6. The Bertz CT molecular complexity index is 787. The number of nitrogens with zero attached hydrogens (tertiary/aromatic N) is 1. The minimum atomic E-state index is -0.450. The molecule has 1 aromatic carbocycles. The second kappa shape index (κ2) is 10.8. The number of hydrogen-bond donors (Lipinski definition) is 1. The van der Waals surface area contributed by atoms with E-state index in [1.54, 1.807) is 21.0 Å². The van der Waals surface area contributed by atoms with Gasteiger partial charge in [0.15, 0.2) is 0 Å². The van der Waals surface area contributed by atoms with Gasteiger partial charge in [-0.1, -0.05) is 29.8 Å². The van der Waals surface area contributed by atoms with Gasteiger partial charge in [0.25, 0.3) is 0 Å². The van der Waals surface area contributed by atoms with Crippen molar-refractivity contribution in [2.45, 2.75) is 39.5 Å². The van der Waals surface area contributed by atoms with Crippen molar-refractivity contribution in [2.75, 3.05) is 33.4 Å². The van der Waals surface area contributed by atoms with E-state index in [4.69, 9.17) is 9.47 Å². The lowest BCUT2D eigenvalue weighted by atomic mass is 9.83. The normalized spacial score (nSPS) is 16.8. The minimum absolute atomic E-state index is 0.117. The molecule has 0 unspecified atom stereocenters. The number of methoxy groups -OCH3 is 1. The first-order chi connectivity index (χ1) is 13.9. The van der Waals surface area contributed by atoms with E-state index in [1.807, 2.05) is 31.2 Å². The van der Waals surface area contributed by atoms with Crippen molar-refractivity contribution in [3.05, 3.63) is 46.7 Å². The van der Waals surface area contributed by atoms with Crippen LogP contribution in [0.25, 0.3) is 0 Å². The Labute approximate surface area is 172 Å². The maximum Gasteiger partial charge on any atom is 0.336 e. The maximum absolute atomic E-state index is 12.9. The predicted octanol–water partition coefficient (Wildman–Crippen LogP) is 2.30. The van der Waals surface area contributed by atoms with Crippen LogP contribution in [0.5, 0.6) is 0 Å². The van der Waals surface area contributed by atoms with Crippen molar-refractivity contribution >= 4 is 17.8 Å². The molecule has 0 saturated carbocycles. The number of allylic oxidation sites excluding steroid dienone is 1. The Morgan fingerprint density at radius 2 is 2.03 bits per heavy atom. The van der Waals surface area contributed by atoms with Gasteiger partial charge in [-0.05, 0) is 32.8 Å². The maximum atomic E-state index is 12.9. The Balaban J connectivity index is 2.29. The lowest BCUT2D eigenvalue weighted by molar-refractivity contribution is -0.141. The molecule has 1 aliphatic heterocycles. The molecule has 0 fully saturated rings. The summed E-state index contributed by atoms with van der Waals surface area (Å²) >= 11 is 0. The fraction of sp³-hybridized carbons (Fsp3) is 0.500. The van der Waals surface area contributed by atoms with Crippen LogP contribution in [0.2, 0.25) is 0 Å². The number of hydrogen-bond acceptors (Lipinski definition) is 5. The van der Waals surface area contributed by atoms with Crippen LogP contribution < -0.4 is 5.32 Å². The minimum Gasteiger partial charge on any atom is -0.463 e. The van der Waals surface area contributed by atoms with Crippen molar-refractivity contribution in [3.63, 3.8) is 0 Å². The summed E-state index contributed by atoms with van der Waals surface area (Å²) in [5.74, 6) is -1.29. The molecule has 1 atom stereocenters. The number of esters is 1. The molecule has 0 aromatic heterocycles. The van der Waals surface area contributed by atoms with E-state index < -0.39 is 5.97 Å². The van der Waals surface area contributed by atoms with Crippen LogP contribution in [-0.4, -0.2) is 56.1 Å². The molecular formula is C22H30N2O5. The number of aryl methyl sites for hydroxylation is 1. The predicted molar refractivity (Wildman–Crippen MR) is 109 cm³/mol. The molecule has 7 nitrogen and oxygen atoms in total. The molecule has 7 heteroatoms. The molecule has 0 radical (unpaired) electrons. The number of amides is 2. The lowest BCUT2D eigenvalue weighted by Gasteiger charge is -2.34. The summed E-state index contributed by atoms with van der Waals surface area (Å²) in [6, 6.07) is 7.76. The van der Waals surface area contributed by atoms with Gasteiger partial charge in [-0.15, -0.1) is 0 Å². The summed E-state index contributed by atoms with van der Waals surface area (Å²) < 4.78 is 10.2. The molecule has 29 heavy (non-hydrogen) atoms. The monoisotopic (exact) mass is 402 g/mol. The molecule has 1 aromatic rings. The Morgan fingerprint density at radius 3 is 2.69 bits per heavy atom.